The van der Waals surface area contributed by atoms with Gasteiger partial charge in [0, 0.05) is 7.05 Å². The lowest BCUT2D eigenvalue weighted by atomic mass is 9.92. The van der Waals surface area contributed by atoms with E-state index in [4.69, 9.17) is 5.21 Å². The lowest BCUT2D eigenvalue weighted by Gasteiger charge is -2.18. The molecular weight excluding hydrogens is 130 g/mol. The Morgan fingerprint density at radius 1 is 1.50 bits per heavy atom. The zero-order valence-corrected chi connectivity index (χ0v) is 6.88. The van der Waals surface area contributed by atoms with E-state index in [1.54, 1.807) is 0 Å². The van der Waals surface area contributed by atoms with Crippen molar-refractivity contribution in [2.45, 2.75) is 20.8 Å². The van der Waals surface area contributed by atoms with Gasteiger partial charge in [0.25, 0.3) is 0 Å². The van der Waals surface area contributed by atoms with E-state index >= 15 is 0 Å². The molecule has 3 heteroatoms. The van der Waals surface area contributed by atoms with Gasteiger partial charge in [-0.2, -0.15) is 0 Å². The van der Waals surface area contributed by atoms with Crippen LogP contribution in [0.5, 0.6) is 0 Å². The topological polar surface area (TPSA) is 40.5 Å². The highest BCUT2D eigenvalue weighted by molar-refractivity contribution is 5.84. The quantitative estimate of drug-likeness (QED) is 0.442. The SMILES string of the molecule is CN(O)C(=O)[CH]C(C)(C)C. The molecule has 1 amide bonds. The lowest BCUT2D eigenvalue weighted by Crippen LogP contribution is -2.27. The lowest BCUT2D eigenvalue weighted by molar-refractivity contribution is -0.156. The van der Waals surface area contributed by atoms with Gasteiger partial charge in [0.05, 0.1) is 6.42 Å². The highest BCUT2D eigenvalue weighted by atomic mass is 16.5. The van der Waals surface area contributed by atoms with E-state index < -0.39 is 0 Å². The monoisotopic (exact) mass is 144 g/mol. The minimum atomic E-state index is -0.368. The Morgan fingerprint density at radius 3 is 2.00 bits per heavy atom. The molecule has 0 aliphatic carbocycles. The average molecular weight is 144 g/mol. The van der Waals surface area contributed by atoms with E-state index in [0.717, 1.165) is 0 Å². The first-order valence-corrected chi connectivity index (χ1v) is 3.15. The molecule has 0 aliphatic heterocycles. The molecule has 0 aromatic carbocycles. The van der Waals surface area contributed by atoms with E-state index in [1.807, 2.05) is 20.8 Å². The van der Waals surface area contributed by atoms with Crippen LogP contribution in [-0.4, -0.2) is 23.2 Å². The van der Waals surface area contributed by atoms with Crippen LogP contribution in [0.25, 0.3) is 0 Å². The van der Waals surface area contributed by atoms with Gasteiger partial charge in [-0.15, -0.1) is 0 Å². The summed E-state index contributed by atoms with van der Waals surface area (Å²) in [6.07, 6.45) is 1.47. The summed E-state index contributed by atoms with van der Waals surface area (Å²) in [4.78, 5) is 10.8. The summed E-state index contributed by atoms with van der Waals surface area (Å²) >= 11 is 0. The zero-order valence-electron chi connectivity index (χ0n) is 6.88. The van der Waals surface area contributed by atoms with Crippen molar-refractivity contribution in [3.8, 4) is 0 Å². The number of hydroxylamine groups is 2. The summed E-state index contributed by atoms with van der Waals surface area (Å²) in [6, 6.07) is 0. The molecule has 0 spiro atoms. The molecule has 3 nitrogen and oxygen atoms in total. The van der Waals surface area contributed by atoms with Crippen molar-refractivity contribution in [3.05, 3.63) is 6.42 Å². The van der Waals surface area contributed by atoms with Crippen molar-refractivity contribution >= 4 is 5.91 Å². The summed E-state index contributed by atoms with van der Waals surface area (Å²) in [5.74, 6) is -0.368. The molecule has 0 aromatic heterocycles. The van der Waals surface area contributed by atoms with Gasteiger partial charge in [0.1, 0.15) is 0 Å². The van der Waals surface area contributed by atoms with Gasteiger partial charge >= 0.3 is 0 Å². The number of hydrogen-bond donors (Lipinski definition) is 1. The van der Waals surface area contributed by atoms with E-state index in [9.17, 15) is 4.79 Å². The van der Waals surface area contributed by atoms with Crippen LogP contribution in [0, 0.1) is 11.8 Å². The summed E-state index contributed by atoms with van der Waals surface area (Å²) in [5, 5.41) is 9.21. The van der Waals surface area contributed by atoms with Crippen LogP contribution in [0.3, 0.4) is 0 Å². The molecule has 0 fully saturated rings. The molecule has 0 unspecified atom stereocenters. The maximum Gasteiger partial charge on any atom is 0.250 e. The van der Waals surface area contributed by atoms with E-state index in [1.165, 1.54) is 13.5 Å². The third kappa shape index (κ3) is 4.32. The highest BCUT2D eigenvalue weighted by Gasteiger charge is 2.18. The molecule has 59 valence electrons. The number of hydrogen-bond acceptors (Lipinski definition) is 2. The first-order valence-electron chi connectivity index (χ1n) is 3.15. The van der Waals surface area contributed by atoms with E-state index in [0.29, 0.717) is 5.06 Å². The van der Waals surface area contributed by atoms with Crippen LogP contribution >= 0.6 is 0 Å². The second-order valence-corrected chi connectivity index (χ2v) is 3.37. The predicted octanol–water partition coefficient (Wildman–Crippen LogP) is 1.08. The molecule has 0 aliphatic rings. The Kier molecular flexibility index (Phi) is 2.84. The molecule has 0 heterocycles. The van der Waals surface area contributed by atoms with Crippen molar-refractivity contribution in [3.63, 3.8) is 0 Å². The van der Waals surface area contributed by atoms with E-state index in [-0.39, 0.29) is 11.3 Å². The normalized spacial score (nSPS) is 11.3. The highest BCUT2D eigenvalue weighted by Crippen LogP contribution is 2.17. The van der Waals surface area contributed by atoms with Crippen molar-refractivity contribution < 1.29 is 10.0 Å². The number of carbonyl (C=O) groups is 1. The third-order valence-electron chi connectivity index (χ3n) is 0.875. The molecule has 0 aromatic rings. The summed E-state index contributed by atoms with van der Waals surface area (Å²) in [5.41, 5.74) is -0.173. The third-order valence-corrected chi connectivity index (χ3v) is 0.875. The summed E-state index contributed by atoms with van der Waals surface area (Å²) in [6.45, 7) is 5.69. The Labute approximate surface area is 61.6 Å². The Morgan fingerprint density at radius 2 is 1.90 bits per heavy atom. The Balaban J connectivity index is 3.81. The minimum Gasteiger partial charge on any atom is -0.286 e. The number of nitrogens with zero attached hydrogens (tertiary/aromatic N) is 1. The largest absolute Gasteiger partial charge is 0.286 e. The van der Waals surface area contributed by atoms with Gasteiger partial charge < -0.3 is 0 Å². The smallest absolute Gasteiger partial charge is 0.250 e. The molecule has 1 N–H and O–H groups in total. The molecule has 0 bridgehead atoms. The molecular formula is C7H14NO2. The molecule has 0 saturated carbocycles. The van der Waals surface area contributed by atoms with Crippen LogP contribution in [0.2, 0.25) is 0 Å². The number of rotatable bonds is 1. The van der Waals surface area contributed by atoms with Crippen LogP contribution < -0.4 is 0 Å². The average Bonchev–Trinajstić information content (AvgIpc) is 1.60. The number of carbonyl (C=O) groups excluding carboxylic acids is 1. The molecule has 10 heavy (non-hydrogen) atoms. The first-order chi connectivity index (χ1) is 4.33. The van der Waals surface area contributed by atoms with Gasteiger partial charge in [-0.05, 0) is 5.41 Å². The first kappa shape index (κ1) is 9.43. The summed E-state index contributed by atoms with van der Waals surface area (Å²) in [7, 11) is 1.31. The maximum atomic E-state index is 10.8. The molecule has 0 atom stereocenters. The predicted molar refractivity (Wildman–Crippen MR) is 38.3 cm³/mol. The van der Waals surface area contributed by atoms with Gasteiger partial charge in [0.2, 0.25) is 5.91 Å². The van der Waals surface area contributed by atoms with E-state index in [2.05, 4.69) is 0 Å². The molecule has 0 rings (SSSR count). The fourth-order valence-corrected chi connectivity index (χ4v) is 0.464. The fraction of sp³-hybridized carbons (Fsp3) is 0.714. The standard InChI is InChI=1S/C7H14NO2/c1-7(2,3)5-6(9)8(4)10/h5,10H,1-4H3. The van der Waals surface area contributed by atoms with Gasteiger partial charge in [0.15, 0.2) is 0 Å². The maximum absolute atomic E-state index is 10.8. The molecule has 0 saturated heterocycles. The minimum absolute atomic E-state index is 0.173. The van der Waals surface area contributed by atoms with Crippen LogP contribution in [0.15, 0.2) is 0 Å². The van der Waals surface area contributed by atoms with Gasteiger partial charge in [-0.3, -0.25) is 10.0 Å². The van der Waals surface area contributed by atoms with Gasteiger partial charge in [-0.1, -0.05) is 20.8 Å². The number of amides is 1. The summed E-state index contributed by atoms with van der Waals surface area (Å²) < 4.78 is 0. The Hall–Kier alpha value is -0.570. The van der Waals surface area contributed by atoms with Crippen molar-refractivity contribution in [2.75, 3.05) is 7.05 Å². The second kappa shape index (κ2) is 3.01. The van der Waals surface area contributed by atoms with Crippen molar-refractivity contribution in [2.24, 2.45) is 5.41 Å². The van der Waals surface area contributed by atoms with Crippen molar-refractivity contribution in [1.29, 1.82) is 0 Å². The fourth-order valence-electron chi connectivity index (χ4n) is 0.464. The van der Waals surface area contributed by atoms with Gasteiger partial charge in [-0.25, -0.2) is 5.06 Å². The molecule has 1 radical (unpaired) electrons. The van der Waals surface area contributed by atoms with Crippen LogP contribution in [-0.2, 0) is 4.79 Å². The zero-order chi connectivity index (χ0) is 8.36. The Bertz CT molecular complexity index is 124. The second-order valence-electron chi connectivity index (χ2n) is 3.37. The van der Waals surface area contributed by atoms with Crippen LogP contribution in [0.4, 0.5) is 0 Å². The van der Waals surface area contributed by atoms with Crippen molar-refractivity contribution in [1.82, 2.24) is 5.06 Å². The van der Waals surface area contributed by atoms with Crippen LogP contribution in [0.1, 0.15) is 20.8 Å².